The number of hydrogen-bond donors (Lipinski definition) is 0. The monoisotopic (exact) mass is 214 g/mol. The average molecular weight is 214 g/mol. The Hall–Kier alpha value is -1.44. The van der Waals surface area contributed by atoms with Gasteiger partial charge in [0.2, 0.25) is 0 Å². The SMILES string of the molecule is O=C1CC2CC(=O)CC(C1)c1ccccc12. The third-order valence-electron chi connectivity index (χ3n) is 3.77. The second-order valence-corrected chi connectivity index (χ2v) is 4.92. The maximum Gasteiger partial charge on any atom is 0.134 e. The summed E-state index contributed by atoms with van der Waals surface area (Å²) in [6, 6.07) is 8.19. The van der Waals surface area contributed by atoms with Crippen molar-refractivity contribution in [2.75, 3.05) is 0 Å². The summed E-state index contributed by atoms with van der Waals surface area (Å²) in [7, 11) is 0. The Morgan fingerprint density at radius 2 is 1.12 bits per heavy atom. The molecule has 0 heterocycles. The number of rotatable bonds is 0. The molecule has 0 fully saturated rings. The molecule has 3 rings (SSSR count). The van der Waals surface area contributed by atoms with Crippen molar-refractivity contribution >= 4 is 11.6 Å². The minimum absolute atomic E-state index is 0.142. The Morgan fingerprint density at radius 1 is 0.750 bits per heavy atom. The van der Waals surface area contributed by atoms with E-state index in [9.17, 15) is 9.59 Å². The highest BCUT2D eigenvalue weighted by Crippen LogP contribution is 2.42. The van der Waals surface area contributed by atoms with Crippen LogP contribution < -0.4 is 0 Å². The fraction of sp³-hybridized carbons (Fsp3) is 0.429. The third-order valence-corrected chi connectivity index (χ3v) is 3.77. The van der Waals surface area contributed by atoms with Crippen LogP contribution >= 0.6 is 0 Å². The van der Waals surface area contributed by atoms with Crippen LogP contribution in [0.25, 0.3) is 0 Å². The molecule has 0 spiro atoms. The lowest BCUT2D eigenvalue weighted by atomic mass is 9.89. The molecule has 0 saturated carbocycles. The first kappa shape index (κ1) is 9.76. The van der Waals surface area contributed by atoms with Crippen LogP contribution in [0.15, 0.2) is 24.3 Å². The van der Waals surface area contributed by atoms with Crippen molar-refractivity contribution < 1.29 is 9.59 Å². The van der Waals surface area contributed by atoms with Gasteiger partial charge in [0.15, 0.2) is 0 Å². The first-order chi connectivity index (χ1) is 7.74. The topological polar surface area (TPSA) is 34.1 Å². The van der Waals surface area contributed by atoms with Crippen LogP contribution in [0, 0.1) is 0 Å². The van der Waals surface area contributed by atoms with E-state index in [1.54, 1.807) is 0 Å². The number of carbonyl (C=O) groups is 2. The summed E-state index contributed by atoms with van der Waals surface area (Å²) >= 11 is 0. The number of hydrogen-bond acceptors (Lipinski definition) is 2. The van der Waals surface area contributed by atoms with Crippen LogP contribution in [0.5, 0.6) is 0 Å². The van der Waals surface area contributed by atoms with Gasteiger partial charge in [0.25, 0.3) is 0 Å². The summed E-state index contributed by atoms with van der Waals surface area (Å²) < 4.78 is 0. The van der Waals surface area contributed by atoms with Gasteiger partial charge in [-0.05, 0) is 23.0 Å². The van der Waals surface area contributed by atoms with Crippen molar-refractivity contribution in [3.05, 3.63) is 35.4 Å². The lowest BCUT2D eigenvalue weighted by molar-refractivity contribution is -0.123. The zero-order chi connectivity index (χ0) is 11.1. The highest BCUT2D eigenvalue weighted by atomic mass is 16.1. The molecular formula is C14H14O2. The standard InChI is InChI=1S/C14H14O2/c15-11-5-9-6-12(16)8-10(7-11)14-4-2-1-3-13(9)14/h1-4,9-10H,5-8H2. The Morgan fingerprint density at radius 3 is 1.50 bits per heavy atom. The van der Waals surface area contributed by atoms with Gasteiger partial charge in [-0.3, -0.25) is 9.59 Å². The molecule has 0 radical (unpaired) electrons. The maximum absolute atomic E-state index is 11.8. The van der Waals surface area contributed by atoms with Gasteiger partial charge < -0.3 is 0 Å². The van der Waals surface area contributed by atoms with Crippen molar-refractivity contribution in [3.8, 4) is 0 Å². The van der Waals surface area contributed by atoms with E-state index in [1.165, 1.54) is 11.1 Å². The second kappa shape index (κ2) is 3.55. The van der Waals surface area contributed by atoms with Gasteiger partial charge in [0.05, 0.1) is 0 Å². The summed E-state index contributed by atoms with van der Waals surface area (Å²) in [6.45, 7) is 0. The summed E-state index contributed by atoms with van der Waals surface area (Å²) in [5.74, 6) is 0.921. The zero-order valence-electron chi connectivity index (χ0n) is 9.11. The molecule has 0 unspecified atom stereocenters. The van der Waals surface area contributed by atoms with E-state index < -0.39 is 0 Å². The molecule has 0 aliphatic heterocycles. The van der Waals surface area contributed by atoms with E-state index in [0.717, 1.165) is 0 Å². The van der Waals surface area contributed by atoms with Gasteiger partial charge >= 0.3 is 0 Å². The second-order valence-electron chi connectivity index (χ2n) is 4.92. The predicted molar refractivity (Wildman–Crippen MR) is 60.4 cm³/mol. The molecule has 2 aliphatic carbocycles. The number of benzene rings is 1. The maximum atomic E-state index is 11.8. The van der Waals surface area contributed by atoms with Crippen molar-refractivity contribution in [1.82, 2.24) is 0 Å². The number of Topliss-reactive ketones (excluding diaryl/α,β-unsaturated/α-hetero) is 2. The third kappa shape index (κ3) is 1.49. The Kier molecular flexibility index (Phi) is 2.16. The summed E-state index contributed by atoms with van der Waals surface area (Å²) in [5, 5.41) is 0. The first-order valence-corrected chi connectivity index (χ1v) is 5.86. The summed E-state index contributed by atoms with van der Waals surface area (Å²) in [6.07, 6.45) is 2.22. The number of ketones is 2. The molecule has 2 bridgehead atoms. The van der Waals surface area contributed by atoms with E-state index in [0.29, 0.717) is 37.2 Å². The fourth-order valence-corrected chi connectivity index (χ4v) is 3.10. The first-order valence-electron chi connectivity index (χ1n) is 5.86. The molecule has 0 amide bonds. The molecule has 1 aromatic carbocycles. The molecule has 0 aromatic heterocycles. The van der Waals surface area contributed by atoms with Crippen LogP contribution in [0.3, 0.4) is 0 Å². The van der Waals surface area contributed by atoms with Gasteiger partial charge in [-0.2, -0.15) is 0 Å². The molecular weight excluding hydrogens is 200 g/mol. The molecule has 2 nitrogen and oxygen atoms in total. The normalized spacial score (nSPS) is 28.5. The van der Waals surface area contributed by atoms with Crippen molar-refractivity contribution in [2.45, 2.75) is 37.5 Å². The van der Waals surface area contributed by atoms with Crippen LogP contribution in [-0.2, 0) is 9.59 Å². The van der Waals surface area contributed by atoms with E-state index in [4.69, 9.17) is 0 Å². The Labute approximate surface area is 94.7 Å². The fourth-order valence-electron chi connectivity index (χ4n) is 3.10. The molecule has 2 aliphatic rings. The Balaban J connectivity index is 2.16. The smallest absolute Gasteiger partial charge is 0.134 e. The highest BCUT2D eigenvalue weighted by Gasteiger charge is 2.34. The minimum Gasteiger partial charge on any atom is -0.300 e. The van der Waals surface area contributed by atoms with Crippen LogP contribution in [0.2, 0.25) is 0 Å². The van der Waals surface area contributed by atoms with Crippen molar-refractivity contribution in [1.29, 1.82) is 0 Å². The lowest BCUT2D eigenvalue weighted by Gasteiger charge is -2.13. The molecule has 16 heavy (non-hydrogen) atoms. The van der Waals surface area contributed by atoms with Crippen LogP contribution in [-0.4, -0.2) is 11.6 Å². The minimum atomic E-state index is 0.142. The average Bonchev–Trinajstić information content (AvgIpc) is 2.44. The van der Waals surface area contributed by atoms with E-state index in [-0.39, 0.29) is 11.8 Å². The summed E-state index contributed by atoms with van der Waals surface area (Å²) in [4.78, 5) is 23.5. The Bertz CT molecular complexity index is 403. The van der Waals surface area contributed by atoms with Crippen molar-refractivity contribution in [2.24, 2.45) is 0 Å². The molecule has 0 saturated heterocycles. The molecule has 0 N–H and O–H groups in total. The lowest BCUT2D eigenvalue weighted by Crippen LogP contribution is -2.14. The van der Waals surface area contributed by atoms with Crippen molar-refractivity contribution in [3.63, 3.8) is 0 Å². The zero-order valence-corrected chi connectivity index (χ0v) is 9.11. The van der Waals surface area contributed by atoms with E-state index in [1.807, 2.05) is 12.1 Å². The molecule has 2 heteroatoms. The van der Waals surface area contributed by atoms with Crippen LogP contribution in [0.4, 0.5) is 0 Å². The predicted octanol–water partition coefficient (Wildman–Crippen LogP) is 2.58. The molecule has 82 valence electrons. The molecule has 1 aromatic rings. The van der Waals surface area contributed by atoms with Gasteiger partial charge in [0, 0.05) is 25.7 Å². The van der Waals surface area contributed by atoms with Gasteiger partial charge in [-0.1, -0.05) is 24.3 Å². The van der Waals surface area contributed by atoms with E-state index in [2.05, 4.69) is 12.1 Å². The van der Waals surface area contributed by atoms with E-state index >= 15 is 0 Å². The highest BCUT2D eigenvalue weighted by molar-refractivity contribution is 5.88. The van der Waals surface area contributed by atoms with Gasteiger partial charge in [-0.15, -0.1) is 0 Å². The van der Waals surface area contributed by atoms with Crippen LogP contribution in [0.1, 0.15) is 48.6 Å². The number of carbonyl (C=O) groups excluding carboxylic acids is 2. The quantitative estimate of drug-likeness (QED) is 0.665. The van der Waals surface area contributed by atoms with Gasteiger partial charge in [0.1, 0.15) is 11.6 Å². The largest absolute Gasteiger partial charge is 0.300 e. The van der Waals surface area contributed by atoms with Gasteiger partial charge in [-0.25, -0.2) is 0 Å². The summed E-state index contributed by atoms with van der Waals surface area (Å²) in [5.41, 5.74) is 2.48. The molecule has 0 atom stereocenters.